The number of benzene rings is 1. The first-order valence-corrected chi connectivity index (χ1v) is 4.55. The second-order valence-corrected chi connectivity index (χ2v) is 3.12. The Morgan fingerprint density at radius 1 is 1.40 bits per heavy atom. The first-order valence-electron chi connectivity index (χ1n) is 4.55. The summed E-state index contributed by atoms with van der Waals surface area (Å²) >= 11 is 0. The van der Waals surface area contributed by atoms with Crippen molar-refractivity contribution in [3.63, 3.8) is 0 Å². The Balaban J connectivity index is 2.69. The summed E-state index contributed by atoms with van der Waals surface area (Å²) in [5.74, 6) is 0.265. The van der Waals surface area contributed by atoms with Gasteiger partial charge in [-0.25, -0.2) is 0 Å². The van der Waals surface area contributed by atoms with Gasteiger partial charge in [-0.05, 0) is 25.1 Å². The maximum absolute atomic E-state index is 11.5. The number of nitrogens with one attached hydrogen (secondary N) is 1. The van der Waals surface area contributed by atoms with Gasteiger partial charge >= 0.3 is 0 Å². The van der Waals surface area contributed by atoms with Crippen LogP contribution < -0.4 is 10.1 Å². The third-order valence-corrected chi connectivity index (χ3v) is 1.83. The number of ketones is 1. The molecule has 4 nitrogen and oxygen atoms in total. The van der Waals surface area contributed by atoms with Crippen LogP contribution in [-0.4, -0.2) is 25.3 Å². The van der Waals surface area contributed by atoms with Crippen molar-refractivity contribution in [1.29, 1.82) is 0 Å². The molecule has 0 radical (unpaired) electrons. The molecule has 0 unspecified atom stereocenters. The molecule has 0 aliphatic rings. The SMILES string of the molecule is COc1cccc(C(=O)NCC(C)=O)c1. The van der Waals surface area contributed by atoms with Gasteiger partial charge in [-0.15, -0.1) is 0 Å². The van der Waals surface area contributed by atoms with Crippen molar-refractivity contribution in [1.82, 2.24) is 5.32 Å². The fraction of sp³-hybridized carbons (Fsp3) is 0.273. The van der Waals surface area contributed by atoms with Gasteiger partial charge < -0.3 is 10.1 Å². The molecule has 80 valence electrons. The zero-order valence-electron chi connectivity index (χ0n) is 8.74. The molecule has 1 aromatic rings. The van der Waals surface area contributed by atoms with E-state index in [1.807, 2.05) is 0 Å². The number of Topliss-reactive ketones (excluding diaryl/α,β-unsaturated/α-hetero) is 1. The minimum Gasteiger partial charge on any atom is -0.497 e. The molecule has 0 aliphatic carbocycles. The van der Waals surface area contributed by atoms with Crippen molar-refractivity contribution in [2.45, 2.75) is 6.92 Å². The topological polar surface area (TPSA) is 55.4 Å². The average Bonchev–Trinajstić information content (AvgIpc) is 2.26. The van der Waals surface area contributed by atoms with Gasteiger partial charge in [-0.3, -0.25) is 9.59 Å². The Kier molecular flexibility index (Phi) is 3.85. The second kappa shape index (κ2) is 5.14. The van der Waals surface area contributed by atoms with E-state index in [9.17, 15) is 9.59 Å². The fourth-order valence-electron chi connectivity index (χ4n) is 1.07. The van der Waals surface area contributed by atoms with Gasteiger partial charge in [0, 0.05) is 5.56 Å². The number of hydrogen-bond donors (Lipinski definition) is 1. The number of hydrogen-bond acceptors (Lipinski definition) is 3. The summed E-state index contributed by atoms with van der Waals surface area (Å²) in [5.41, 5.74) is 0.482. The van der Waals surface area contributed by atoms with Crippen LogP contribution in [0.25, 0.3) is 0 Å². The van der Waals surface area contributed by atoms with Gasteiger partial charge in [0.05, 0.1) is 13.7 Å². The van der Waals surface area contributed by atoms with E-state index in [1.54, 1.807) is 24.3 Å². The summed E-state index contributed by atoms with van der Waals surface area (Å²) in [7, 11) is 1.53. The van der Waals surface area contributed by atoms with E-state index >= 15 is 0 Å². The van der Waals surface area contributed by atoms with Gasteiger partial charge in [0.2, 0.25) is 0 Å². The van der Waals surface area contributed by atoms with Crippen LogP contribution in [-0.2, 0) is 4.79 Å². The standard InChI is InChI=1S/C11H13NO3/c1-8(13)7-12-11(14)9-4-3-5-10(6-9)15-2/h3-6H,7H2,1-2H3,(H,12,14). The van der Waals surface area contributed by atoms with Crippen LogP contribution in [0.1, 0.15) is 17.3 Å². The molecule has 1 rings (SSSR count). The third kappa shape index (κ3) is 3.42. The van der Waals surface area contributed by atoms with Gasteiger partial charge in [0.25, 0.3) is 5.91 Å². The van der Waals surface area contributed by atoms with Crippen LogP contribution >= 0.6 is 0 Å². The maximum Gasteiger partial charge on any atom is 0.251 e. The summed E-state index contributed by atoms with van der Waals surface area (Å²) < 4.78 is 4.98. The van der Waals surface area contributed by atoms with Crippen molar-refractivity contribution in [3.8, 4) is 5.75 Å². The van der Waals surface area contributed by atoms with Crippen molar-refractivity contribution in [2.24, 2.45) is 0 Å². The highest BCUT2D eigenvalue weighted by Gasteiger charge is 2.06. The van der Waals surface area contributed by atoms with Crippen molar-refractivity contribution >= 4 is 11.7 Å². The Labute approximate surface area is 88.2 Å². The van der Waals surface area contributed by atoms with Crippen LogP contribution in [0, 0.1) is 0 Å². The van der Waals surface area contributed by atoms with Gasteiger partial charge in [0.15, 0.2) is 0 Å². The molecule has 0 spiro atoms. The van der Waals surface area contributed by atoms with Gasteiger partial charge in [0.1, 0.15) is 11.5 Å². The van der Waals surface area contributed by atoms with Gasteiger partial charge in [-0.2, -0.15) is 0 Å². The van der Waals surface area contributed by atoms with E-state index in [2.05, 4.69) is 5.32 Å². The smallest absolute Gasteiger partial charge is 0.251 e. The molecule has 0 heterocycles. The van der Waals surface area contributed by atoms with Crippen LogP contribution in [0.3, 0.4) is 0 Å². The molecule has 0 aromatic heterocycles. The van der Waals surface area contributed by atoms with Crippen molar-refractivity contribution in [3.05, 3.63) is 29.8 Å². The quantitative estimate of drug-likeness (QED) is 0.801. The van der Waals surface area contributed by atoms with Crippen LogP contribution in [0.4, 0.5) is 0 Å². The number of amides is 1. The molecule has 0 saturated carbocycles. The zero-order valence-corrected chi connectivity index (χ0v) is 8.74. The Hall–Kier alpha value is -1.84. The molecule has 1 N–H and O–H groups in total. The molecule has 4 heteroatoms. The Bertz CT molecular complexity index is 374. The van der Waals surface area contributed by atoms with Crippen LogP contribution in [0.2, 0.25) is 0 Å². The highest BCUT2D eigenvalue weighted by molar-refractivity contribution is 5.96. The lowest BCUT2D eigenvalue weighted by atomic mass is 10.2. The molecule has 1 amide bonds. The average molecular weight is 207 g/mol. The molecule has 1 aromatic carbocycles. The Morgan fingerprint density at radius 3 is 2.73 bits per heavy atom. The van der Waals surface area contributed by atoms with E-state index in [-0.39, 0.29) is 18.2 Å². The van der Waals surface area contributed by atoms with E-state index in [0.29, 0.717) is 11.3 Å². The van der Waals surface area contributed by atoms with Crippen LogP contribution in [0.15, 0.2) is 24.3 Å². The predicted molar refractivity (Wildman–Crippen MR) is 56.0 cm³/mol. The number of carbonyl (C=O) groups is 2. The second-order valence-electron chi connectivity index (χ2n) is 3.12. The first-order chi connectivity index (χ1) is 7.13. The molecule has 0 aliphatic heterocycles. The molecule has 0 atom stereocenters. The summed E-state index contributed by atoms with van der Waals surface area (Å²) in [4.78, 5) is 22.2. The van der Waals surface area contributed by atoms with E-state index in [4.69, 9.17) is 4.74 Å². The number of methoxy groups -OCH3 is 1. The maximum atomic E-state index is 11.5. The molecular formula is C11H13NO3. The molecule has 0 bridgehead atoms. The number of rotatable bonds is 4. The lowest BCUT2D eigenvalue weighted by Gasteiger charge is -2.04. The summed E-state index contributed by atoms with van der Waals surface area (Å²) in [6, 6.07) is 6.76. The van der Waals surface area contributed by atoms with E-state index in [1.165, 1.54) is 14.0 Å². The lowest BCUT2D eigenvalue weighted by Crippen LogP contribution is -2.28. The fourth-order valence-corrected chi connectivity index (χ4v) is 1.07. The van der Waals surface area contributed by atoms with E-state index in [0.717, 1.165) is 0 Å². The van der Waals surface area contributed by atoms with E-state index < -0.39 is 0 Å². The van der Waals surface area contributed by atoms with Crippen molar-refractivity contribution < 1.29 is 14.3 Å². The monoisotopic (exact) mass is 207 g/mol. The predicted octanol–water partition coefficient (Wildman–Crippen LogP) is 1.01. The highest BCUT2D eigenvalue weighted by atomic mass is 16.5. The number of ether oxygens (including phenoxy) is 1. The summed E-state index contributed by atoms with van der Waals surface area (Å²) in [6.45, 7) is 1.47. The highest BCUT2D eigenvalue weighted by Crippen LogP contribution is 2.11. The minimum absolute atomic E-state index is 0.0516. The lowest BCUT2D eigenvalue weighted by molar-refractivity contribution is -0.116. The van der Waals surface area contributed by atoms with Crippen molar-refractivity contribution in [2.75, 3.05) is 13.7 Å². The summed E-state index contributed by atoms with van der Waals surface area (Å²) in [6.07, 6.45) is 0. The van der Waals surface area contributed by atoms with Crippen LogP contribution in [0.5, 0.6) is 5.75 Å². The first kappa shape index (κ1) is 11.2. The molecule has 15 heavy (non-hydrogen) atoms. The normalized spacial score (nSPS) is 9.47. The molecular weight excluding hydrogens is 194 g/mol. The third-order valence-electron chi connectivity index (χ3n) is 1.83. The largest absolute Gasteiger partial charge is 0.497 e. The van der Waals surface area contributed by atoms with Gasteiger partial charge in [-0.1, -0.05) is 6.07 Å². The molecule has 0 saturated heterocycles. The number of carbonyl (C=O) groups excluding carboxylic acids is 2. The zero-order chi connectivity index (χ0) is 11.3. The summed E-state index contributed by atoms with van der Waals surface area (Å²) in [5, 5.41) is 2.51. The Morgan fingerprint density at radius 2 is 2.13 bits per heavy atom. The minimum atomic E-state index is -0.274. The molecule has 0 fully saturated rings.